The topological polar surface area (TPSA) is 75.1 Å². The first kappa shape index (κ1) is 19.8. The molecule has 2 aliphatic rings. The fraction of sp³-hybridized carbons (Fsp3) is 0.429. The highest BCUT2D eigenvalue weighted by atomic mass is 32.2. The monoisotopic (exact) mass is 414 g/mol. The van der Waals surface area contributed by atoms with Gasteiger partial charge in [-0.15, -0.1) is 0 Å². The summed E-state index contributed by atoms with van der Waals surface area (Å²) in [7, 11) is -3.14. The normalized spacial score (nSPS) is 17.2. The van der Waals surface area contributed by atoms with Crippen molar-refractivity contribution in [3.8, 4) is 5.75 Å². The third-order valence-electron chi connectivity index (χ3n) is 5.27. The molecule has 154 valence electrons. The molecule has 0 N–H and O–H groups in total. The van der Waals surface area contributed by atoms with E-state index in [0.717, 1.165) is 34.8 Å². The van der Waals surface area contributed by atoms with Crippen molar-refractivity contribution in [2.45, 2.75) is 19.9 Å². The number of ether oxygens (including phenoxy) is 1. The Morgan fingerprint density at radius 3 is 2.62 bits per heavy atom. The lowest BCUT2D eigenvalue weighted by Crippen LogP contribution is -2.48. The Morgan fingerprint density at radius 2 is 1.90 bits per heavy atom. The maximum absolute atomic E-state index is 11.7. The molecule has 0 aliphatic carbocycles. The van der Waals surface area contributed by atoms with E-state index in [0.29, 0.717) is 39.3 Å². The van der Waals surface area contributed by atoms with Crippen LogP contribution in [0.5, 0.6) is 5.75 Å². The van der Waals surface area contributed by atoms with E-state index in [2.05, 4.69) is 28.9 Å². The van der Waals surface area contributed by atoms with Gasteiger partial charge in [-0.25, -0.2) is 13.4 Å². The number of pyridine rings is 1. The summed E-state index contributed by atoms with van der Waals surface area (Å²) < 4.78 is 30.8. The van der Waals surface area contributed by atoms with Gasteiger partial charge in [-0.1, -0.05) is 13.0 Å². The summed E-state index contributed by atoms with van der Waals surface area (Å²) in [5.74, 6) is 1.72. The Hall–Kier alpha value is -2.45. The molecule has 2 aromatic rings. The molecule has 8 heteroatoms. The molecule has 0 spiro atoms. The number of aromatic nitrogens is 1. The van der Waals surface area contributed by atoms with Crippen LogP contribution >= 0.6 is 0 Å². The minimum absolute atomic E-state index is 0.479. The highest BCUT2D eigenvalue weighted by Gasteiger charge is 2.25. The van der Waals surface area contributed by atoms with Gasteiger partial charge in [0.05, 0.1) is 25.1 Å². The zero-order chi connectivity index (χ0) is 20.4. The SMILES string of the molecule is CCCOc1ccc2c(c1)C(c1ccnc(N3CCN(S(C)(=O)=O)CC3)c1)=NC2. The van der Waals surface area contributed by atoms with Crippen molar-refractivity contribution in [3.05, 3.63) is 53.2 Å². The number of benzene rings is 1. The summed E-state index contributed by atoms with van der Waals surface area (Å²) in [6.07, 6.45) is 4.03. The van der Waals surface area contributed by atoms with Gasteiger partial charge in [0.15, 0.2) is 0 Å². The van der Waals surface area contributed by atoms with Gasteiger partial charge in [0.2, 0.25) is 10.0 Å². The minimum atomic E-state index is -3.14. The Balaban J connectivity index is 1.54. The van der Waals surface area contributed by atoms with Gasteiger partial charge in [-0.05, 0) is 36.2 Å². The number of sulfonamides is 1. The van der Waals surface area contributed by atoms with Gasteiger partial charge in [0.25, 0.3) is 0 Å². The highest BCUT2D eigenvalue weighted by molar-refractivity contribution is 7.88. The molecule has 1 fully saturated rings. The number of rotatable bonds is 6. The number of fused-ring (bicyclic) bond motifs is 1. The van der Waals surface area contributed by atoms with Gasteiger partial charge >= 0.3 is 0 Å². The van der Waals surface area contributed by atoms with Crippen molar-refractivity contribution < 1.29 is 13.2 Å². The number of nitrogens with zero attached hydrogens (tertiary/aromatic N) is 4. The van der Waals surface area contributed by atoms with Crippen LogP contribution in [0.25, 0.3) is 0 Å². The third kappa shape index (κ3) is 4.28. The molecule has 1 aromatic carbocycles. The fourth-order valence-electron chi connectivity index (χ4n) is 3.71. The fourth-order valence-corrected chi connectivity index (χ4v) is 4.53. The molecule has 0 saturated carbocycles. The average molecular weight is 415 g/mol. The Bertz CT molecular complexity index is 1030. The zero-order valence-electron chi connectivity index (χ0n) is 16.8. The van der Waals surface area contributed by atoms with E-state index in [1.807, 2.05) is 18.2 Å². The van der Waals surface area contributed by atoms with Gasteiger partial charge in [-0.3, -0.25) is 4.99 Å². The van der Waals surface area contributed by atoms with Crippen LogP contribution in [0.2, 0.25) is 0 Å². The number of aliphatic imine (C=N–C) groups is 1. The lowest BCUT2D eigenvalue weighted by atomic mass is 10.0. The van der Waals surface area contributed by atoms with Crippen LogP contribution in [-0.2, 0) is 16.6 Å². The molecule has 0 radical (unpaired) electrons. The van der Waals surface area contributed by atoms with Crippen LogP contribution in [-0.4, -0.2) is 62.5 Å². The molecule has 3 heterocycles. The zero-order valence-corrected chi connectivity index (χ0v) is 17.7. The van der Waals surface area contributed by atoms with E-state index in [4.69, 9.17) is 9.73 Å². The van der Waals surface area contributed by atoms with E-state index in [1.165, 1.54) is 16.1 Å². The van der Waals surface area contributed by atoms with Crippen molar-refractivity contribution in [1.29, 1.82) is 0 Å². The smallest absolute Gasteiger partial charge is 0.211 e. The number of hydrogen-bond donors (Lipinski definition) is 0. The number of anilines is 1. The van der Waals surface area contributed by atoms with E-state index < -0.39 is 10.0 Å². The van der Waals surface area contributed by atoms with E-state index >= 15 is 0 Å². The van der Waals surface area contributed by atoms with Crippen LogP contribution in [0.3, 0.4) is 0 Å². The van der Waals surface area contributed by atoms with E-state index in [-0.39, 0.29) is 0 Å². The molecule has 0 bridgehead atoms. The predicted molar refractivity (Wildman–Crippen MR) is 114 cm³/mol. The van der Waals surface area contributed by atoms with Crippen LogP contribution in [0.15, 0.2) is 41.5 Å². The van der Waals surface area contributed by atoms with Crippen LogP contribution in [0, 0.1) is 0 Å². The van der Waals surface area contributed by atoms with Crippen molar-refractivity contribution in [3.63, 3.8) is 0 Å². The Labute approximate surface area is 172 Å². The Morgan fingerprint density at radius 1 is 1.10 bits per heavy atom. The second kappa shape index (κ2) is 8.12. The maximum Gasteiger partial charge on any atom is 0.211 e. The lowest BCUT2D eigenvalue weighted by Gasteiger charge is -2.34. The minimum Gasteiger partial charge on any atom is -0.494 e. The number of piperazine rings is 1. The van der Waals surface area contributed by atoms with E-state index in [9.17, 15) is 8.42 Å². The standard InChI is InChI=1S/C21H26N4O3S/c1-3-12-28-18-5-4-17-15-23-21(19(17)14-18)16-6-7-22-20(13-16)24-8-10-25(11-9-24)29(2,26)27/h4-7,13-14H,3,8-12,15H2,1-2H3. The predicted octanol–water partition coefficient (Wildman–Crippen LogP) is 2.30. The second-order valence-electron chi connectivity index (χ2n) is 7.38. The van der Waals surface area contributed by atoms with Crippen molar-refractivity contribution in [1.82, 2.24) is 9.29 Å². The average Bonchev–Trinajstić information content (AvgIpc) is 3.15. The second-order valence-corrected chi connectivity index (χ2v) is 9.37. The lowest BCUT2D eigenvalue weighted by molar-refractivity contribution is 0.317. The third-order valence-corrected chi connectivity index (χ3v) is 6.57. The molecule has 1 aromatic heterocycles. The molecule has 0 unspecified atom stereocenters. The Kier molecular flexibility index (Phi) is 5.56. The molecular formula is C21H26N4O3S. The number of hydrogen-bond acceptors (Lipinski definition) is 6. The van der Waals surface area contributed by atoms with Crippen LogP contribution < -0.4 is 9.64 Å². The quantitative estimate of drug-likeness (QED) is 0.725. The van der Waals surface area contributed by atoms with Gasteiger partial charge in [0, 0.05) is 43.5 Å². The van der Waals surface area contributed by atoms with Gasteiger partial charge in [0.1, 0.15) is 11.6 Å². The summed E-state index contributed by atoms with van der Waals surface area (Å²) >= 11 is 0. The summed E-state index contributed by atoms with van der Waals surface area (Å²) in [6.45, 7) is 5.67. The van der Waals surface area contributed by atoms with Crippen molar-refractivity contribution in [2.24, 2.45) is 4.99 Å². The molecule has 1 saturated heterocycles. The van der Waals surface area contributed by atoms with Crippen LogP contribution in [0.1, 0.15) is 30.0 Å². The molecule has 29 heavy (non-hydrogen) atoms. The molecular weight excluding hydrogens is 388 g/mol. The summed E-state index contributed by atoms with van der Waals surface area (Å²) in [6, 6.07) is 10.2. The molecule has 7 nitrogen and oxygen atoms in total. The van der Waals surface area contributed by atoms with Gasteiger partial charge in [-0.2, -0.15) is 4.31 Å². The van der Waals surface area contributed by atoms with E-state index in [1.54, 1.807) is 6.20 Å². The van der Waals surface area contributed by atoms with Gasteiger partial charge < -0.3 is 9.64 Å². The van der Waals surface area contributed by atoms with Crippen LogP contribution in [0.4, 0.5) is 5.82 Å². The summed E-state index contributed by atoms with van der Waals surface area (Å²) in [5.41, 5.74) is 4.29. The maximum atomic E-state index is 11.7. The summed E-state index contributed by atoms with van der Waals surface area (Å²) in [5, 5.41) is 0. The van der Waals surface area contributed by atoms with Crippen molar-refractivity contribution in [2.75, 3.05) is 43.9 Å². The molecule has 0 atom stereocenters. The highest BCUT2D eigenvalue weighted by Crippen LogP contribution is 2.28. The molecule has 4 rings (SSSR count). The largest absolute Gasteiger partial charge is 0.494 e. The first-order valence-electron chi connectivity index (χ1n) is 9.93. The first-order valence-corrected chi connectivity index (χ1v) is 11.8. The summed E-state index contributed by atoms with van der Waals surface area (Å²) in [4.78, 5) is 11.4. The first-order chi connectivity index (χ1) is 14.0. The molecule has 2 aliphatic heterocycles. The van der Waals surface area contributed by atoms with Crippen molar-refractivity contribution >= 4 is 21.6 Å². The molecule has 0 amide bonds.